The SMILES string of the molecule is CCOC(=O)C(N)Cc1cc(Cc2ccccc2)cc([N+](=O)[O-])c1O. The molecule has 3 N–H and O–H groups in total. The summed E-state index contributed by atoms with van der Waals surface area (Å²) in [6, 6.07) is 11.4. The Bertz CT molecular complexity index is 762. The van der Waals surface area contributed by atoms with E-state index in [4.69, 9.17) is 10.5 Å². The highest BCUT2D eigenvalue weighted by Crippen LogP contribution is 2.33. The van der Waals surface area contributed by atoms with Gasteiger partial charge in [0.2, 0.25) is 0 Å². The van der Waals surface area contributed by atoms with Crippen LogP contribution in [0.5, 0.6) is 5.75 Å². The van der Waals surface area contributed by atoms with Gasteiger partial charge in [0.15, 0.2) is 5.75 Å². The third-order valence-corrected chi connectivity index (χ3v) is 3.71. The molecule has 0 aliphatic rings. The second-order valence-corrected chi connectivity index (χ2v) is 5.60. The Morgan fingerprint density at radius 1 is 1.28 bits per heavy atom. The van der Waals surface area contributed by atoms with E-state index in [1.807, 2.05) is 30.3 Å². The highest BCUT2D eigenvalue weighted by molar-refractivity contribution is 5.76. The van der Waals surface area contributed by atoms with Gasteiger partial charge in [-0.05, 0) is 24.5 Å². The monoisotopic (exact) mass is 344 g/mol. The number of hydrogen-bond acceptors (Lipinski definition) is 6. The zero-order valence-corrected chi connectivity index (χ0v) is 13.8. The Morgan fingerprint density at radius 2 is 1.96 bits per heavy atom. The molecule has 1 unspecified atom stereocenters. The number of nitro groups is 1. The molecule has 132 valence electrons. The van der Waals surface area contributed by atoms with Crippen LogP contribution in [-0.2, 0) is 22.4 Å². The van der Waals surface area contributed by atoms with E-state index in [9.17, 15) is 20.0 Å². The van der Waals surface area contributed by atoms with Crippen LogP contribution in [0.4, 0.5) is 5.69 Å². The number of benzene rings is 2. The Hall–Kier alpha value is -2.93. The van der Waals surface area contributed by atoms with E-state index in [1.54, 1.807) is 13.0 Å². The number of phenols is 1. The number of nitro benzene ring substituents is 1. The first-order chi connectivity index (χ1) is 11.9. The summed E-state index contributed by atoms with van der Waals surface area (Å²) in [7, 11) is 0. The maximum absolute atomic E-state index is 11.7. The normalized spacial score (nSPS) is 11.8. The molecule has 0 fully saturated rings. The number of nitrogens with two attached hydrogens (primary N) is 1. The fourth-order valence-corrected chi connectivity index (χ4v) is 2.54. The molecule has 2 aromatic carbocycles. The average molecular weight is 344 g/mol. The van der Waals surface area contributed by atoms with Gasteiger partial charge in [-0.25, -0.2) is 0 Å². The topological polar surface area (TPSA) is 116 Å². The van der Waals surface area contributed by atoms with Crippen molar-refractivity contribution in [1.82, 2.24) is 0 Å². The van der Waals surface area contributed by atoms with Crippen LogP contribution in [0.25, 0.3) is 0 Å². The molecule has 0 spiro atoms. The van der Waals surface area contributed by atoms with Crippen molar-refractivity contribution < 1.29 is 19.6 Å². The Kier molecular flexibility index (Phi) is 6.08. The minimum absolute atomic E-state index is 0.0475. The molecule has 0 aromatic heterocycles. The van der Waals surface area contributed by atoms with Crippen LogP contribution in [0.15, 0.2) is 42.5 Å². The van der Waals surface area contributed by atoms with Crippen molar-refractivity contribution in [3.05, 3.63) is 69.3 Å². The number of rotatable bonds is 7. The van der Waals surface area contributed by atoms with Gasteiger partial charge < -0.3 is 15.6 Å². The molecular formula is C18H20N2O5. The number of carbonyl (C=O) groups is 1. The highest BCUT2D eigenvalue weighted by atomic mass is 16.6. The molecule has 0 saturated carbocycles. The van der Waals surface area contributed by atoms with Gasteiger partial charge in [-0.2, -0.15) is 0 Å². The van der Waals surface area contributed by atoms with E-state index in [-0.39, 0.29) is 18.6 Å². The van der Waals surface area contributed by atoms with Crippen molar-refractivity contribution in [3.8, 4) is 5.75 Å². The molecule has 0 heterocycles. The second kappa shape index (κ2) is 8.25. The van der Waals surface area contributed by atoms with E-state index in [0.717, 1.165) is 5.56 Å². The van der Waals surface area contributed by atoms with Crippen LogP contribution >= 0.6 is 0 Å². The third-order valence-electron chi connectivity index (χ3n) is 3.71. The van der Waals surface area contributed by atoms with Gasteiger partial charge in [0, 0.05) is 18.1 Å². The predicted molar refractivity (Wildman–Crippen MR) is 92.3 cm³/mol. The van der Waals surface area contributed by atoms with Crippen molar-refractivity contribution >= 4 is 11.7 Å². The maximum atomic E-state index is 11.7. The maximum Gasteiger partial charge on any atom is 0.323 e. The van der Waals surface area contributed by atoms with Crippen LogP contribution < -0.4 is 5.73 Å². The smallest absolute Gasteiger partial charge is 0.323 e. The summed E-state index contributed by atoms with van der Waals surface area (Å²) in [6.07, 6.45) is 0.414. The molecule has 0 radical (unpaired) electrons. The number of phenolic OH excluding ortho intramolecular Hbond substituents is 1. The molecular weight excluding hydrogens is 324 g/mol. The summed E-state index contributed by atoms with van der Waals surface area (Å²) < 4.78 is 4.84. The lowest BCUT2D eigenvalue weighted by molar-refractivity contribution is -0.386. The zero-order chi connectivity index (χ0) is 18.4. The quantitative estimate of drug-likeness (QED) is 0.452. The van der Waals surface area contributed by atoms with Gasteiger partial charge in [-0.1, -0.05) is 36.4 Å². The standard InChI is InChI=1S/C18H20N2O5/c1-2-25-18(22)15(19)11-14-9-13(8-12-6-4-3-5-7-12)10-16(17(14)21)20(23)24/h3-7,9-10,15,21H,2,8,11,19H2,1H3. The minimum Gasteiger partial charge on any atom is -0.502 e. The fraction of sp³-hybridized carbons (Fsp3) is 0.278. The third kappa shape index (κ3) is 4.77. The van der Waals surface area contributed by atoms with Crippen molar-refractivity contribution in [1.29, 1.82) is 0 Å². The fourth-order valence-electron chi connectivity index (χ4n) is 2.54. The Labute approximate surface area is 145 Å². The second-order valence-electron chi connectivity index (χ2n) is 5.60. The van der Waals surface area contributed by atoms with E-state index < -0.39 is 28.4 Å². The van der Waals surface area contributed by atoms with E-state index in [2.05, 4.69) is 0 Å². The first-order valence-electron chi connectivity index (χ1n) is 7.87. The van der Waals surface area contributed by atoms with Gasteiger partial charge >= 0.3 is 11.7 Å². The number of hydrogen-bond donors (Lipinski definition) is 2. The summed E-state index contributed by atoms with van der Waals surface area (Å²) >= 11 is 0. The largest absolute Gasteiger partial charge is 0.502 e. The van der Waals surface area contributed by atoms with Crippen LogP contribution in [0.2, 0.25) is 0 Å². The molecule has 25 heavy (non-hydrogen) atoms. The number of nitrogens with zero attached hydrogens (tertiary/aromatic N) is 1. The molecule has 0 amide bonds. The minimum atomic E-state index is -1.00. The number of esters is 1. The zero-order valence-electron chi connectivity index (χ0n) is 13.8. The van der Waals surface area contributed by atoms with Crippen molar-refractivity contribution in [2.75, 3.05) is 6.61 Å². The van der Waals surface area contributed by atoms with Crippen molar-refractivity contribution in [2.45, 2.75) is 25.8 Å². The lowest BCUT2D eigenvalue weighted by Crippen LogP contribution is -2.34. The van der Waals surface area contributed by atoms with Crippen molar-refractivity contribution in [2.24, 2.45) is 5.73 Å². The first-order valence-corrected chi connectivity index (χ1v) is 7.87. The first kappa shape index (κ1) is 18.4. The molecule has 0 aliphatic carbocycles. The summed E-state index contributed by atoms with van der Waals surface area (Å²) in [5, 5.41) is 21.4. The van der Waals surface area contributed by atoms with Crippen LogP contribution in [-0.4, -0.2) is 28.6 Å². The van der Waals surface area contributed by atoms with E-state index >= 15 is 0 Å². The van der Waals surface area contributed by atoms with Crippen LogP contribution in [0.1, 0.15) is 23.6 Å². The molecule has 2 aromatic rings. The Morgan fingerprint density at radius 3 is 2.56 bits per heavy atom. The van der Waals surface area contributed by atoms with Gasteiger partial charge in [-0.3, -0.25) is 14.9 Å². The summed E-state index contributed by atoms with van der Waals surface area (Å²) in [6.45, 7) is 1.85. The molecule has 0 bridgehead atoms. The van der Waals surface area contributed by atoms with Gasteiger partial charge in [0.25, 0.3) is 0 Å². The van der Waals surface area contributed by atoms with Gasteiger partial charge in [-0.15, -0.1) is 0 Å². The molecule has 2 rings (SSSR count). The molecule has 1 atom stereocenters. The number of ether oxygens (including phenoxy) is 1. The molecule has 7 nitrogen and oxygen atoms in total. The van der Waals surface area contributed by atoms with Crippen LogP contribution in [0.3, 0.4) is 0 Å². The summed E-state index contributed by atoms with van der Waals surface area (Å²) in [5.74, 6) is -1.08. The van der Waals surface area contributed by atoms with E-state index in [0.29, 0.717) is 12.0 Å². The average Bonchev–Trinajstić information content (AvgIpc) is 2.58. The van der Waals surface area contributed by atoms with Crippen LogP contribution in [0, 0.1) is 10.1 Å². The number of aromatic hydroxyl groups is 1. The predicted octanol–water partition coefficient (Wildman–Crippen LogP) is 2.32. The lowest BCUT2D eigenvalue weighted by Gasteiger charge is -2.13. The van der Waals surface area contributed by atoms with Crippen molar-refractivity contribution in [3.63, 3.8) is 0 Å². The van der Waals surface area contributed by atoms with Gasteiger partial charge in [0.1, 0.15) is 6.04 Å². The Balaban J connectivity index is 2.34. The summed E-state index contributed by atoms with van der Waals surface area (Å²) in [5.41, 5.74) is 7.25. The summed E-state index contributed by atoms with van der Waals surface area (Å²) in [4.78, 5) is 22.3. The van der Waals surface area contributed by atoms with E-state index in [1.165, 1.54) is 6.07 Å². The molecule has 7 heteroatoms. The molecule has 0 saturated heterocycles. The number of carbonyl (C=O) groups excluding carboxylic acids is 1. The lowest BCUT2D eigenvalue weighted by atomic mass is 9.97. The highest BCUT2D eigenvalue weighted by Gasteiger charge is 2.23. The van der Waals surface area contributed by atoms with Gasteiger partial charge in [0.05, 0.1) is 11.5 Å². The molecule has 0 aliphatic heterocycles.